The molecule has 0 radical (unpaired) electrons. The fourth-order valence-corrected chi connectivity index (χ4v) is 2.64. The van der Waals surface area contributed by atoms with Crippen molar-refractivity contribution in [3.63, 3.8) is 0 Å². The number of aliphatic carboxylic acids is 2. The van der Waals surface area contributed by atoms with Gasteiger partial charge in [0.05, 0.1) is 17.6 Å². The van der Waals surface area contributed by atoms with Gasteiger partial charge in [-0.25, -0.2) is 14.6 Å². The monoisotopic (exact) mass is 555 g/mol. The van der Waals surface area contributed by atoms with E-state index in [-0.39, 0.29) is 17.3 Å². The van der Waals surface area contributed by atoms with Gasteiger partial charge in [-0.15, -0.1) is 0 Å². The van der Waals surface area contributed by atoms with Gasteiger partial charge in [-0.1, -0.05) is 0 Å². The fraction of sp³-hybridized carbons (Fsp3) is 0.471. The molecule has 3 heterocycles. The highest BCUT2D eigenvalue weighted by atomic mass is 19.4. The van der Waals surface area contributed by atoms with E-state index >= 15 is 0 Å². The van der Waals surface area contributed by atoms with E-state index in [0.29, 0.717) is 18.4 Å². The Morgan fingerprint density at radius 2 is 1.57 bits per heavy atom. The van der Waals surface area contributed by atoms with Gasteiger partial charge in [0.15, 0.2) is 0 Å². The first-order valence-electron chi connectivity index (χ1n) is 9.55. The number of carbonyl (C=O) groups is 2. The largest absolute Gasteiger partial charge is 0.490 e. The van der Waals surface area contributed by atoms with Crippen LogP contribution in [0, 0.1) is 0 Å². The standard InChI is InChI=1S/C13H16F3N7.2C2HF3O2/c1-18-7-2-3-23(6-7)10-4-9(20-12(17)21-10)11-8(5-19-22-11)13(14,15)16;2*3-2(4,5)1(6)7/h4-5,7,18H,2-3,6H2,1H3,(H,19,22)(H2,17,20,21);2*(H,6,7)/t7-;;/m1../s1. The Labute approximate surface area is 200 Å². The van der Waals surface area contributed by atoms with Crippen LogP contribution in [-0.4, -0.2) is 80.8 Å². The smallest absolute Gasteiger partial charge is 0.475 e. The first-order valence-corrected chi connectivity index (χ1v) is 9.55. The molecule has 0 unspecified atom stereocenters. The minimum absolute atomic E-state index is 0.0743. The lowest BCUT2D eigenvalue weighted by atomic mass is 10.2. The molecule has 2 aromatic heterocycles. The Morgan fingerprint density at radius 3 is 1.97 bits per heavy atom. The van der Waals surface area contributed by atoms with Crippen LogP contribution in [0.3, 0.4) is 0 Å². The SMILES string of the molecule is CN[C@@H]1CCN(c2cc(-c3[nH]ncc3C(F)(F)F)nc(N)n2)C1.O=C(O)C(F)(F)F.O=C(O)C(F)(F)F. The number of alkyl halides is 9. The molecule has 1 atom stereocenters. The summed E-state index contributed by atoms with van der Waals surface area (Å²) < 4.78 is 103. The Hall–Kier alpha value is -3.84. The van der Waals surface area contributed by atoms with E-state index < -0.39 is 36.0 Å². The van der Waals surface area contributed by atoms with Crippen LogP contribution < -0.4 is 16.0 Å². The van der Waals surface area contributed by atoms with Crippen molar-refractivity contribution in [3.05, 3.63) is 17.8 Å². The molecule has 0 amide bonds. The molecule has 0 aliphatic carbocycles. The van der Waals surface area contributed by atoms with Gasteiger partial charge in [0.2, 0.25) is 5.95 Å². The summed E-state index contributed by atoms with van der Waals surface area (Å²) in [5.74, 6) is -5.08. The maximum atomic E-state index is 13.0. The number of aromatic amines is 1. The molecule has 0 saturated carbocycles. The Morgan fingerprint density at radius 1 is 1.05 bits per heavy atom. The molecule has 2 aromatic rings. The van der Waals surface area contributed by atoms with Crippen LogP contribution >= 0.6 is 0 Å². The molecule has 1 aliphatic heterocycles. The van der Waals surface area contributed by atoms with Gasteiger partial charge >= 0.3 is 30.5 Å². The molecule has 20 heteroatoms. The van der Waals surface area contributed by atoms with Crippen molar-refractivity contribution in [3.8, 4) is 11.4 Å². The predicted molar refractivity (Wildman–Crippen MR) is 106 cm³/mol. The second-order valence-corrected chi connectivity index (χ2v) is 6.95. The number of anilines is 2. The number of rotatable bonds is 3. The number of nitrogens with one attached hydrogen (secondary N) is 2. The molecule has 1 saturated heterocycles. The van der Waals surface area contributed by atoms with E-state index in [2.05, 4.69) is 25.5 Å². The molecule has 208 valence electrons. The average molecular weight is 555 g/mol. The van der Waals surface area contributed by atoms with Gasteiger partial charge in [-0.2, -0.15) is 49.6 Å². The predicted octanol–water partition coefficient (Wildman–Crippen LogP) is 2.53. The maximum absolute atomic E-state index is 13.0. The van der Waals surface area contributed by atoms with E-state index in [9.17, 15) is 39.5 Å². The van der Waals surface area contributed by atoms with Crippen LogP contribution in [0.25, 0.3) is 11.4 Å². The number of nitrogen functional groups attached to an aromatic ring is 1. The Kier molecular flexibility index (Phi) is 10.1. The number of aromatic nitrogens is 4. The Balaban J connectivity index is 0.000000404. The van der Waals surface area contributed by atoms with Gasteiger partial charge in [-0.3, -0.25) is 5.10 Å². The zero-order valence-corrected chi connectivity index (χ0v) is 18.3. The van der Waals surface area contributed by atoms with Crippen LogP contribution in [0.2, 0.25) is 0 Å². The average Bonchev–Trinajstić information content (AvgIpc) is 3.42. The van der Waals surface area contributed by atoms with E-state index in [1.54, 1.807) is 0 Å². The zero-order valence-electron chi connectivity index (χ0n) is 18.3. The van der Waals surface area contributed by atoms with Crippen molar-refractivity contribution in [2.24, 2.45) is 0 Å². The highest BCUT2D eigenvalue weighted by molar-refractivity contribution is 5.73. The molecule has 1 aliphatic rings. The fourth-order valence-electron chi connectivity index (χ4n) is 2.64. The molecule has 1 fully saturated rings. The van der Waals surface area contributed by atoms with Crippen LogP contribution in [-0.2, 0) is 15.8 Å². The number of nitrogens with zero attached hydrogens (tertiary/aromatic N) is 4. The van der Waals surface area contributed by atoms with E-state index in [0.717, 1.165) is 19.2 Å². The first kappa shape index (κ1) is 31.2. The van der Waals surface area contributed by atoms with E-state index in [4.69, 9.17) is 25.5 Å². The van der Waals surface area contributed by atoms with Crippen molar-refractivity contribution >= 4 is 23.7 Å². The lowest BCUT2D eigenvalue weighted by molar-refractivity contribution is -0.193. The third-order valence-electron chi connectivity index (χ3n) is 4.34. The molecule has 0 spiro atoms. The summed E-state index contributed by atoms with van der Waals surface area (Å²) in [7, 11) is 1.87. The number of halogens is 9. The lowest BCUT2D eigenvalue weighted by Gasteiger charge is -2.18. The lowest BCUT2D eigenvalue weighted by Crippen LogP contribution is -2.30. The number of hydrogen-bond donors (Lipinski definition) is 5. The zero-order chi connectivity index (χ0) is 28.8. The second-order valence-electron chi connectivity index (χ2n) is 6.95. The van der Waals surface area contributed by atoms with E-state index in [1.165, 1.54) is 6.07 Å². The third-order valence-corrected chi connectivity index (χ3v) is 4.34. The van der Waals surface area contributed by atoms with Crippen LogP contribution in [0.5, 0.6) is 0 Å². The molecule has 6 N–H and O–H groups in total. The Bertz CT molecular complexity index is 1050. The summed E-state index contributed by atoms with van der Waals surface area (Å²) in [4.78, 5) is 27.8. The van der Waals surface area contributed by atoms with Crippen LogP contribution in [0.15, 0.2) is 12.3 Å². The quantitative estimate of drug-likeness (QED) is 0.355. The van der Waals surface area contributed by atoms with Gasteiger partial charge < -0.3 is 26.2 Å². The summed E-state index contributed by atoms with van der Waals surface area (Å²) in [6.45, 7) is 1.46. The molecule has 11 nitrogen and oxygen atoms in total. The third kappa shape index (κ3) is 9.61. The number of hydrogen-bond acceptors (Lipinski definition) is 8. The number of carboxylic acid groups (broad SMARTS) is 2. The number of nitrogens with two attached hydrogens (primary N) is 1. The minimum Gasteiger partial charge on any atom is -0.475 e. The van der Waals surface area contributed by atoms with Crippen LogP contribution in [0.1, 0.15) is 12.0 Å². The number of likely N-dealkylation sites (N-methyl/N-ethyl adjacent to an activating group) is 1. The summed E-state index contributed by atoms with van der Waals surface area (Å²) in [6.07, 6.45) is -13.0. The molecular formula is C17H18F9N7O4. The van der Waals surface area contributed by atoms with Gasteiger partial charge in [0, 0.05) is 25.2 Å². The van der Waals surface area contributed by atoms with Crippen molar-refractivity contribution in [1.82, 2.24) is 25.5 Å². The van der Waals surface area contributed by atoms with Crippen molar-refractivity contribution in [2.45, 2.75) is 31.0 Å². The summed E-state index contributed by atoms with van der Waals surface area (Å²) >= 11 is 0. The van der Waals surface area contributed by atoms with Gasteiger partial charge in [0.1, 0.15) is 11.4 Å². The van der Waals surface area contributed by atoms with Gasteiger partial charge in [0.25, 0.3) is 0 Å². The number of carboxylic acids is 2. The second kappa shape index (κ2) is 11.9. The molecular weight excluding hydrogens is 537 g/mol. The summed E-state index contributed by atoms with van der Waals surface area (Å²) in [6, 6.07) is 1.81. The highest BCUT2D eigenvalue weighted by Gasteiger charge is 2.39. The van der Waals surface area contributed by atoms with Crippen molar-refractivity contribution < 1.29 is 59.3 Å². The van der Waals surface area contributed by atoms with Gasteiger partial charge in [-0.05, 0) is 13.5 Å². The number of H-pyrrole nitrogens is 1. The highest BCUT2D eigenvalue weighted by Crippen LogP contribution is 2.36. The molecule has 37 heavy (non-hydrogen) atoms. The normalized spacial score (nSPS) is 15.8. The first-order chi connectivity index (χ1) is 16.8. The van der Waals surface area contributed by atoms with E-state index in [1.807, 2.05) is 11.9 Å². The minimum atomic E-state index is -5.08. The molecule has 3 rings (SSSR count). The van der Waals surface area contributed by atoms with Crippen molar-refractivity contribution in [1.29, 1.82) is 0 Å². The molecule has 0 bridgehead atoms. The summed E-state index contributed by atoms with van der Waals surface area (Å²) in [5, 5.41) is 23.2. The van der Waals surface area contributed by atoms with Crippen molar-refractivity contribution in [2.75, 3.05) is 30.8 Å². The van der Waals surface area contributed by atoms with Crippen LogP contribution in [0.4, 0.5) is 51.3 Å². The maximum Gasteiger partial charge on any atom is 0.490 e. The molecule has 0 aromatic carbocycles. The summed E-state index contributed by atoms with van der Waals surface area (Å²) in [5.41, 5.74) is 4.66. The topological polar surface area (TPSA) is 170 Å².